The fourth-order valence-electron chi connectivity index (χ4n) is 2.17. The van der Waals surface area contributed by atoms with Crippen molar-refractivity contribution in [1.82, 2.24) is 0 Å². The van der Waals surface area contributed by atoms with Crippen LogP contribution in [0.15, 0.2) is 54.6 Å². The highest BCUT2D eigenvalue weighted by Crippen LogP contribution is 2.08. The molecule has 0 aromatic heterocycles. The number of nitrogens with one attached hydrogen (secondary N) is 2. The van der Waals surface area contributed by atoms with Crippen LogP contribution in [0.5, 0.6) is 0 Å². The molecule has 0 fully saturated rings. The standard InChI is InChI=1S/C18H19N3O/c1-14(21(2)13-16-6-4-3-5-7-16)18(22)20-17-10-8-15(12-19)9-11-17/h3-11,14H,13H2,1-2H3,(H,20,22)/p+1/t14-/m0/s1. The van der Waals surface area contributed by atoms with E-state index in [4.69, 9.17) is 5.26 Å². The molecule has 2 aromatic rings. The van der Waals surface area contributed by atoms with Gasteiger partial charge in [-0.2, -0.15) is 5.26 Å². The number of likely N-dealkylation sites (N-methyl/N-ethyl adjacent to an activating group) is 1. The predicted octanol–water partition coefficient (Wildman–Crippen LogP) is 1.60. The van der Waals surface area contributed by atoms with E-state index in [-0.39, 0.29) is 11.9 Å². The highest BCUT2D eigenvalue weighted by Gasteiger charge is 2.21. The van der Waals surface area contributed by atoms with E-state index in [1.54, 1.807) is 24.3 Å². The summed E-state index contributed by atoms with van der Waals surface area (Å²) >= 11 is 0. The Morgan fingerprint density at radius 1 is 1.18 bits per heavy atom. The van der Waals surface area contributed by atoms with Crippen molar-refractivity contribution in [3.63, 3.8) is 0 Å². The smallest absolute Gasteiger partial charge is 0.282 e. The Morgan fingerprint density at radius 3 is 2.41 bits per heavy atom. The monoisotopic (exact) mass is 294 g/mol. The van der Waals surface area contributed by atoms with Gasteiger partial charge in [0.05, 0.1) is 18.7 Å². The Morgan fingerprint density at radius 2 is 1.82 bits per heavy atom. The maximum absolute atomic E-state index is 12.3. The Kier molecular flexibility index (Phi) is 5.29. The highest BCUT2D eigenvalue weighted by atomic mass is 16.2. The zero-order valence-corrected chi connectivity index (χ0v) is 12.8. The molecule has 0 aliphatic carbocycles. The molecule has 112 valence electrons. The van der Waals surface area contributed by atoms with Gasteiger partial charge in [-0.1, -0.05) is 30.3 Å². The van der Waals surface area contributed by atoms with Crippen molar-refractivity contribution in [3.05, 3.63) is 65.7 Å². The Hall–Kier alpha value is -2.64. The molecule has 22 heavy (non-hydrogen) atoms. The molecular weight excluding hydrogens is 274 g/mol. The molecule has 0 spiro atoms. The largest absolute Gasteiger partial charge is 0.324 e. The van der Waals surface area contributed by atoms with Gasteiger partial charge in [0.25, 0.3) is 5.91 Å². The number of carbonyl (C=O) groups is 1. The van der Waals surface area contributed by atoms with Crippen LogP contribution in [0.2, 0.25) is 0 Å². The van der Waals surface area contributed by atoms with Gasteiger partial charge in [0, 0.05) is 11.3 Å². The second-order valence-electron chi connectivity index (χ2n) is 5.41. The number of anilines is 1. The lowest BCUT2D eigenvalue weighted by molar-refractivity contribution is -0.907. The fourth-order valence-corrected chi connectivity index (χ4v) is 2.17. The second-order valence-corrected chi connectivity index (χ2v) is 5.41. The van der Waals surface area contributed by atoms with Gasteiger partial charge in [-0.05, 0) is 31.2 Å². The first-order valence-corrected chi connectivity index (χ1v) is 7.27. The molecule has 0 saturated carbocycles. The quantitative estimate of drug-likeness (QED) is 0.880. The van der Waals surface area contributed by atoms with Crippen LogP contribution in [0.4, 0.5) is 5.69 Å². The molecule has 0 aliphatic heterocycles. The number of benzene rings is 2. The van der Waals surface area contributed by atoms with Crippen molar-refractivity contribution in [3.8, 4) is 6.07 Å². The molecule has 1 unspecified atom stereocenters. The third-order valence-electron chi connectivity index (χ3n) is 3.74. The van der Waals surface area contributed by atoms with Crippen molar-refractivity contribution in [1.29, 1.82) is 5.26 Å². The van der Waals surface area contributed by atoms with Gasteiger partial charge in [-0.15, -0.1) is 0 Å². The molecule has 1 amide bonds. The van der Waals surface area contributed by atoms with E-state index in [2.05, 4.69) is 23.5 Å². The average Bonchev–Trinajstić information content (AvgIpc) is 2.55. The Balaban J connectivity index is 1.94. The molecule has 2 N–H and O–H groups in total. The van der Waals surface area contributed by atoms with Crippen LogP contribution in [-0.4, -0.2) is 19.0 Å². The summed E-state index contributed by atoms with van der Waals surface area (Å²) in [7, 11) is 2.01. The average molecular weight is 294 g/mol. The van der Waals surface area contributed by atoms with Gasteiger partial charge in [0.15, 0.2) is 6.04 Å². The second kappa shape index (κ2) is 7.39. The molecule has 4 nitrogen and oxygen atoms in total. The molecule has 2 atom stereocenters. The number of nitriles is 1. The zero-order chi connectivity index (χ0) is 15.9. The molecule has 2 aromatic carbocycles. The lowest BCUT2D eigenvalue weighted by atomic mass is 10.2. The summed E-state index contributed by atoms with van der Waals surface area (Å²) in [5.74, 6) is -0.0295. The van der Waals surface area contributed by atoms with Gasteiger partial charge >= 0.3 is 0 Å². The van der Waals surface area contributed by atoms with Crippen molar-refractivity contribution in [2.24, 2.45) is 0 Å². The van der Waals surface area contributed by atoms with Gasteiger partial charge in [0.1, 0.15) is 6.54 Å². The van der Waals surface area contributed by atoms with Crippen molar-refractivity contribution in [2.75, 3.05) is 12.4 Å². The lowest BCUT2D eigenvalue weighted by Crippen LogP contribution is -3.12. The number of quaternary nitrogens is 1. The van der Waals surface area contributed by atoms with E-state index < -0.39 is 0 Å². The summed E-state index contributed by atoms with van der Waals surface area (Å²) in [6, 6.07) is 18.9. The Bertz CT molecular complexity index is 659. The molecule has 0 aliphatic rings. The third kappa shape index (κ3) is 4.18. The van der Waals surface area contributed by atoms with E-state index in [9.17, 15) is 4.79 Å². The summed E-state index contributed by atoms with van der Waals surface area (Å²) in [5.41, 5.74) is 2.50. The minimum Gasteiger partial charge on any atom is -0.324 e. The van der Waals surface area contributed by atoms with E-state index in [0.29, 0.717) is 11.3 Å². The maximum atomic E-state index is 12.3. The van der Waals surface area contributed by atoms with E-state index in [0.717, 1.165) is 11.4 Å². The van der Waals surface area contributed by atoms with Gasteiger partial charge < -0.3 is 10.2 Å². The Labute approximate surface area is 131 Å². The third-order valence-corrected chi connectivity index (χ3v) is 3.74. The molecule has 2 rings (SSSR count). The molecule has 0 saturated heterocycles. The zero-order valence-electron chi connectivity index (χ0n) is 12.8. The first-order chi connectivity index (χ1) is 10.6. The SMILES string of the molecule is C[C@@H](C(=O)Nc1ccc(C#N)cc1)[NH+](C)Cc1ccccc1. The summed E-state index contributed by atoms with van der Waals surface area (Å²) in [6.07, 6.45) is 0. The molecule has 0 bridgehead atoms. The number of hydrogen-bond acceptors (Lipinski definition) is 2. The van der Waals surface area contributed by atoms with Crippen LogP contribution < -0.4 is 10.2 Å². The van der Waals surface area contributed by atoms with Crippen molar-refractivity contribution >= 4 is 11.6 Å². The minimum atomic E-state index is -0.171. The first-order valence-electron chi connectivity index (χ1n) is 7.27. The minimum absolute atomic E-state index is 0.0295. The van der Waals surface area contributed by atoms with Crippen LogP contribution in [0, 0.1) is 11.3 Å². The van der Waals surface area contributed by atoms with Gasteiger partial charge in [-0.3, -0.25) is 4.79 Å². The van der Waals surface area contributed by atoms with E-state index >= 15 is 0 Å². The van der Waals surface area contributed by atoms with Crippen LogP contribution in [-0.2, 0) is 11.3 Å². The van der Waals surface area contributed by atoms with Crippen LogP contribution >= 0.6 is 0 Å². The molecule has 0 radical (unpaired) electrons. The number of amides is 1. The number of nitrogens with zero attached hydrogens (tertiary/aromatic N) is 1. The normalized spacial score (nSPS) is 13.0. The number of carbonyl (C=O) groups excluding carboxylic acids is 1. The van der Waals surface area contributed by atoms with E-state index in [1.807, 2.05) is 32.2 Å². The van der Waals surface area contributed by atoms with Crippen LogP contribution in [0.3, 0.4) is 0 Å². The highest BCUT2D eigenvalue weighted by molar-refractivity contribution is 5.93. The fraction of sp³-hybridized carbons (Fsp3) is 0.222. The molecular formula is C18H20N3O+. The van der Waals surface area contributed by atoms with Crippen LogP contribution in [0.25, 0.3) is 0 Å². The topological polar surface area (TPSA) is 57.3 Å². The molecule has 0 heterocycles. The van der Waals surface area contributed by atoms with Crippen molar-refractivity contribution < 1.29 is 9.69 Å². The lowest BCUT2D eigenvalue weighted by Gasteiger charge is -2.21. The summed E-state index contributed by atoms with van der Waals surface area (Å²) in [4.78, 5) is 13.4. The maximum Gasteiger partial charge on any atom is 0.282 e. The summed E-state index contributed by atoms with van der Waals surface area (Å²) < 4.78 is 0. The van der Waals surface area contributed by atoms with Crippen molar-refractivity contribution in [2.45, 2.75) is 19.5 Å². The van der Waals surface area contributed by atoms with Gasteiger partial charge in [0.2, 0.25) is 0 Å². The van der Waals surface area contributed by atoms with Gasteiger partial charge in [-0.25, -0.2) is 0 Å². The van der Waals surface area contributed by atoms with Crippen LogP contribution in [0.1, 0.15) is 18.1 Å². The first kappa shape index (κ1) is 15.7. The summed E-state index contributed by atoms with van der Waals surface area (Å²) in [5, 5.41) is 11.7. The predicted molar refractivity (Wildman–Crippen MR) is 86.3 cm³/mol. The number of rotatable bonds is 5. The number of hydrogen-bond donors (Lipinski definition) is 2. The van der Waals surface area contributed by atoms with E-state index in [1.165, 1.54) is 5.56 Å². The molecule has 4 heteroatoms. The summed E-state index contributed by atoms with van der Waals surface area (Å²) in [6.45, 7) is 2.71.